The van der Waals surface area contributed by atoms with Crippen LogP contribution in [0.1, 0.15) is 11.7 Å². The lowest BCUT2D eigenvalue weighted by Crippen LogP contribution is -2.05. The van der Waals surface area contributed by atoms with Gasteiger partial charge in [-0.3, -0.25) is 0 Å². The second-order valence-electron chi connectivity index (χ2n) is 4.24. The van der Waals surface area contributed by atoms with E-state index >= 15 is 0 Å². The average Bonchev–Trinajstić information content (AvgIpc) is 2.89. The van der Waals surface area contributed by atoms with Gasteiger partial charge in [0.1, 0.15) is 0 Å². The van der Waals surface area contributed by atoms with Gasteiger partial charge in [-0.15, -0.1) is 0 Å². The van der Waals surface area contributed by atoms with Crippen molar-refractivity contribution in [2.45, 2.75) is 19.9 Å². The summed E-state index contributed by atoms with van der Waals surface area (Å²) in [6.07, 6.45) is 0.641. The molecule has 0 fully saturated rings. The van der Waals surface area contributed by atoms with Gasteiger partial charge in [0, 0.05) is 16.5 Å². The minimum absolute atomic E-state index is 0.508. The highest BCUT2D eigenvalue weighted by Crippen LogP contribution is 2.20. The van der Waals surface area contributed by atoms with Crippen LogP contribution in [0, 0.1) is 10.5 Å². The molecule has 1 aromatic carbocycles. The summed E-state index contributed by atoms with van der Waals surface area (Å²) in [4.78, 5) is 8.54. The third kappa shape index (κ3) is 2.42. The zero-order chi connectivity index (χ0) is 13.4. The highest BCUT2D eigenvalue weighted by molar-refractivity contribution is 14.1. The minimum Gasteiger partial charge on any atom is -0.369 e. The van der Waals surface area contributed by atoms with Gasteiger partial charge in [0.25, 0.3) is 0 Å². The fourth-order valence-corrected chi connectivity index (χ4v) is 2.48. The van der Waals surface area contributed by atoms with E-state index in [0.29, 0.717) is 30.6 Å². The molecule has 0 atom stereocenters. The Hall–Kier alpha value is -1.64. The summed E-state index contributed by atoms with van der Waals surface area (Å²) < 4.78 is 8.20. The first-order valence-electron chi connectivity index (χ1n) is 5.84. The molecule has 7 heteroatoms. The average molecular weight is 369 g/mol. The summed E-state index contributed by atoms with van der Waals surface area (Å²) in [6, 6.07) is 6.08. The number of fused-ring (bicyclic) bond motifs is 1. The van der Waals surface area contributed by atoms with Crippen molar-refractivity contribution < 1.29 is 4.52 Å². The van der Waals surface area contributed by atoms with Crippen LogP contribution in [0.2, 0.25) is 0 Å². The van der Waals surface area contributed by atoms with Crippen molar-refractivity contribution in [3.8, 4) is 0 Å². The molecule has 0 saturated carbocycles. The molecule has 0 aliphatic carbocycles. The molecule has 0 unspecified atom stereocenters. The van der Waals surface area contributed by atoms with Gasteiger partial charge in [0.15, 0.2) is 5.82 Å². The van der Waals surface area contributed by atoms with Crippen molar-refractivity contribution in [1.29, 1.82) is 0 Å². The Kier molecular flexibility index (Phi) is 3.13. The highest BCUT2D eigenvalue weighted by atomic mass is 127. The number of imidazole rings is 1. The third-order valence-corrected chi connectivity index (χ3v) is 3.53. The molecule has 98 valence electrons. The number of anilines is 1. The number of rotatable bonds is 3. The Bertz CT molecular complexity index is 733. The molecule has 2 aromatic heterocycles. The maximum absolute atomic E-state index is 5.96. The predicted octanol–water partition coefficient (Wildman–Crippen LogP) is 2.16. The lowest BCUT2D eigenvalue weighted by Gasteiger charge is -2.03. The molecule has 19 heavy (non-hydrogen) atoms. The normalized spacial score (nSPS) is 11.3. The molecule has 6 nitrogen and oxygen atoms in total. The highest BCUT2D eigenvalue weighted by Gasteiger charge is 2.10. The monoisotopic (exact) mass is 369 g/mol. The molecule has 0 radical (unpaired) electrons. The number of benzene rings is 1. The van der Waals surface area contributed by atoms with Crippen LogP contribution in [0.5, 0.6) is 0 Å². The number of aromatic nitrogens is 4. The molecule has 0 aliphatic rings. The summed E-state index contributed by atoms with van der Waals surface area (Å²) in [7, 11) is 0. The van der Waals surface area contributed by atoms with Crippen LogP contribution in [0.25, 0.3) is 11.0 Å². The second kappa shape index (κ2) is 4.80. The minimum atomic E-state index is 0.508. The van der Waals surface area contributed by atoms with E-state index in [2.05, 4.69) is 37.7 Å². The Morgan fingerprint density at radius 2 is 2.21 bits per heavy atom. The van der Waals surface area contributed by atoms with Gasteiger partial charge in [0.2, 0.25) is 11.8 Å². The molecule has 2 heterocycles. The molecule has 0 amide bonds. The van der Waals surface area contributed by atoms with Crippen molar-refractivity contribution in [2.75, 3.05) is 5.73 Å². The van der Waals surface area contributed by atoms with Crippen molar-refractivity contribution in [2.24, 2.45) is 0 Å². The first-order chi connectivity index (χ1) is 9.13. The number of nitrogens with two attached hydrogens (primary N) is 1. The number of aryl methyl sites for hydroxylation is 3. The fraction of sp³-hybridized carbons (Fsp3) is 0.250. The van der Waals surface area contributed by atoms with E-state index in [1.807, 2.05) is 22.8 Å². The Balaban J connectivity index is 1.90. The molecule has 0 aliphatic heterocycles. The van der Waals surface area contributed by atoms with E-state index < -0.39 is 0 Å². The van der Waals surface area contributed by atoms with Gasteiger partial charge in [-0.05, 0) is 47.7 Å². The summed E-state index contributed by atoms with van der Waals surface area (Å²) in [5.74, 6) is 1.77. The lowest BCUT2D eigenvalue weighted by molar-refractivity contribution is 0.369. The quantitative estimate of drug-likeness (QED) is 0.716. The molecular formula is C12H12IN5O. The van der Waals surface area contributed by atoms with E-state index in [9.17, 15) is 0 Å². The summed E-state index contributed by atoms with van der Waals surface area (Å²) in [6.45, 7) is 2.47. The zero-order valence-corrected chi connectivity index (χ0v) is 12.5. The topological polar surface area (TPSA) is 82.8 Å². The van der Waals surface area contributed by atoms with Gasteiger partial charge < -0.3 is 14.8 Å². The maximum Gasteiger partial charge on any atom is 0.228 e. The van der Waals surface area contributed by atoms with Crippen molar-refractivity contribution >= 4 is 39.6 Å². The Labute approximate surface area is 123 Å². The van der Waals surface area contributed by atoms with Gasteiger partial charge in [-0.2, -0.15) is 4.98 Å². The number of nitrogen functional groups attached to an aromatic ring is 1. The summed E-state index contributed by atoms with van der Waals surface area (Å²) in [5, 5.41) is 3.77. The lowest BCUT2D eigenvalue weighted by atomic mass is 10.3. The number of hydrogen-bond acceptors (Lipinski definition) is 5. The van der Waals surface area contributed by atoms with Crippen molar-refractivity contribution in [3.05, 3.63) is 33.5 Å². The maximum atomic E-state index is 5.96. The molecule has 0 saturated heterocycles. The fourth-order valence-electron chi connectivity index (χ4n) is 2.01. The van der Waals surface area contributed by atoms with Crippen LogP contribution in [0.15, 0.2) is 22.7 Å². The predicted molar refractivity (Wildman–Crippen MR) is 79.6 cm³/mol. The van der Waals surface area contributed by atoms with E-state index in [1.165, 1.54) is 0 Å². The van der Waals surface area contributed by atoms with Crippen LogP contribution in [-0.2, 0) is 13.0 Å². The summed E-state index contributed by atoms with van der Waals surface area (Å²) in [5.41, 5.74) is 7.89. The summed E-state index contributed by atoms with van der Waals surface area (Å²) >= 11 is 2.26. The van der Waals surface area contributed by atoms with E-state index in [-0.39, 0.29) is 0 Å². The Morgan fingerprint density at radius 3 is 2.95 bits per heavy atom. The molecule has 2 N–H and O–H groups in total. The van der Waals surface area contributed by atoms with Crippen LogP contribution >= 0.6 is 22.6 Å². The van der Waals surface area contributed by atoms with Crippen LogP contribution in [-0.4, -0.2) is 19.7 Å². The van der Waals surface area contributed by atoms with Gasteiger partial charge in [-0.1, -0.05) is 5.16 Å². The van der Waals surface area contributed by atoms with E-state index in [1.54, 1.807) is 6.92 Å². The van der Waals surface area contributed by atoms with Crippen LogP contribution in [0.3, 0.4) is 0 Å². The van der Waals surface area contributed by atoms with Gasteiger partial charge in [-0.25, -0.2) is 4.98 Å². The Morgan fingerprint density at radius 1 is 1.37 bits per heavy atom. The molecular weight excluding hydrogens is 357 g/mol. The van der Waals surface area contributed by atoms with Gasteiger partial charge >= 0.3 is 0 Å². The van der Waals surface area contributed by atoms with Crippen LogP contribution < -0.4 is 5.73 Å². The third-order valence-electron chi connectivity index (χ3n) is 2.86. The van der Waals surface area contributed by atoms with E-state index in [4.69, 9.17) is 10.3 Å². The van der Waals surface area contributed by atoms with Crippen molar-refractivity contribution in [3.63, 3.8) is 0 Å². The molecule has 3 aromatic rings. The van der Waals surface area contributed by atoms with Crippen LogP contribution in [0.4, 0.5) is 5.95 Å². The standard InChI is InChI=1S/C12H12IN5O/c1-7-15-11(19-17-7)4-5-18-10-3-2-8(13)6-9(10)16-12(18)14/h2-3,6H,4-5H2,1H3,(H2,14,16). The molecule has 0 spiro atoms. The first kappa shape index (κ1) is 12.4. The number of hydrogen-bond donors (Lipinski definition) is 1. The number of halogens is 1. The van der Waals surface area contributed by atoms with Crippen molar-refractivity contribution in [1.82, 2.24) is 19.7 Å². The molecule has 0 bridgehead atoms. The molecule has 3 rings (SSSR count). The first-order valence-corrected chi connectivity index (χ1v) is 6.92. The van der Waals surface area contributed by atoms with E-state index in [0.717, 1.165) is 14.6 Å². The SMILES string of the molecule is Cc1noc(CCn2c(N)nc3cc(I)ccc32)n1. The zero-order valence-electron chi connectivity index (χ0n) is 10.3. The smallest absolute Gasteiger partial charge is 0.228 e. The second-order valence-corrected chi connectivity index (χ2v) is 5.49. The number of nitrogens with zero attached hydrogens (tertiary/aromatic N) is 4. The largest absolute Gasteiger partial charge is 0.369 e. The van der Waals surface area contributed by atoms with Gasteiger partial charge in [0.05, 0.1) is 11.0 Å².